The number of methoxy groups -OCH3 is 1. The molecule has 0 aromatic heterocycles. The highest BCUT2D eigenvalue weighted by Gasteiger charge is 2.31. The topological polar surface area (TPSA) is 9.23 Å². The van der Waals surface area contributed by atoms with Crippen LogP contribution in [0.1, 0.15) is 23.6 Å². The van der Waals surface area contributed by atoms with Crippen molar-refractivity contribution in [3.8, 4) is 5.75 Å². The molecule has 0 fully saturated rings. The normalized spacial score (nSPS) is 11.2. The number of rotatable bonds is 4. The molecule has 0 aliphatic rings. The van der Waals surface area contributed by atoms with Gasteiger partial charge in [0.25, 0.3) is 0 Å². The molecule has 0 aliphatic heterocycles. The molecule has 0 amide bonds. The summed E-state index contributed by atoms with van der Waals surface area (Å²) < 4.78 is 5.42. The van der Waals surface area contributed by atoms with Crippen LogP contribution in [0, 0.1) is 0 Å². The molecule has 3 aromatic rings. The van der Waals surface area contributed by atoms with Crippen LogP contribution in [0.4, 0.5) is 0 Å². The lowest BCUT2D eigenvalue weighted by molar-refractivity contribution is 0.413. The summed E-state index contributed by atoms with van der Waals surface area (Å²) in [6, 6.07) is 29.6. The second-order valence-electron chi connectivity index (χ2n) is 5.59. The van der Waals surface area contributed by atoms with Gasteiger partial charge in [0, 0.05) is 5.41 Å². The predicted molar refractivity (Wildman–Crippen MR) is 91.4 cm³/mol. The molecule has 0 N–H and O–H groups in total. The van der Waals surface area contributed by atoms with E-state index in [4.69, 9.17) is 4.74 Å². The molecule has 0 unspecified atom stereocenters. The molecule has 0 radical (unpaired) electrons. The van der Waals surface area contributed by atoms with Crippen LogP contribution in [-0.2, 0) is 5.41 Å². The van der Waals surface area contributed by atoms with Crippen LogP contribution in [0.5, 0.6) is 5.75 Å². The molecule has 0 saturated carbocycles. The number of benzene rings is 3. The first-order chi connectivity index (χ1) is 10.7. The third-order valence-corrected chi connectivity index (χ3v) is 4.35. The molecule has 1 heteroatoms. The second kappa shape index (κ2) is 6.07. The van der Waals surface area contributed by atoms with Gasteiger partial charge in [0.1, 0.15) is 5.75 Å². The zero-order valence-electron chi connectivity index (χ0n) is 13.0. The minimum atomic E-state index is -0.211. The number of hydrogen-bond acceptors (Lipinski definition) is 1. The van der Waals surface area contributed by atoms with Crippen LogP contribution in [0.25, 0.3) is 0 Å². The van der Waals surface area contributed by atoms with Crippen molar-refractivity contribution >= 4 is 0 Å². The van der Waals surface area contributed by atoms with Gasteiger partial charge in [-0.2, -0.15) is 0 Å². The van der Waals surface area contributed by atoms with E-state index >= 15 is 0 Å². The van der Waals surface area contributed by atoms with Crippen LogP contribution in [0.2, 0.25) is 0 Å². The van der Waals surface area contributed by atoms with E-state index in [1.54, 1.807) is 7.11 Å². The third kappa shape index (κ3) is 2.50. The fourth-order valence-electron chi connectivity index (χ4n) is 2.98. The van der Waals surface area contributed by atoms with Crippen LogP contribution < -0.4 is 4.74 Å². The SMILES string of the molecule is COc1cccc(C(C)(c2ccccc2)c2ccccc2)c1. The van der Waals surface area contributed by atoms with Crippen molar-refractivity contribution in [2.24, 2.45) is 0 Å². The van der Waals surface area contributed by atoms with Crippen LogP contribution in [0.15, 0.2) is 84.9 Å². The summed E-state index contributed by atoms with van der Waals surface area (Å²) >= 11 is 0. The third-order valence-electron chi connectivity index (χ3n) is 4.35. The maximum absolute atomic E-state index is 5.42. The van der Waals surface area contributed by atoms with Crippen molar-refractivity contribution in [2.75, 3.05) is 7.11 Å². The average Bonchev–Trinajstić information content (AvgIpc) is 2.62. The molecular weight excluding hydrogens is 268 g/mol. The molecule has 1 nitrogen and oxygen atoms in total. The van der Waals surface area contributed by atoms with E-state index in [9.17, 15) is 0 Å². The van der Waals surface area contributed by atoms with E-state index < -0.39 is 0 Å². The minimum Gasteiger partial charge on any atom is -0.497 e. The van der Waals surface area contributed by atoms with Gasteiger partial charge in [-0.15, -0.1) is 0 Å². The largest absolute Gasteiger partial charge is 0.497 e. The smallest absolute Gasteiger partial charge is 0.119 e. The molecule has 0 heterocycles. The molecule has 0 atom stereocenters. The lowest BCUT2D eigenvalue weighted by atomic mass is 9.71. The van der Waals surface area contributed by atoms with E-state index in [1.807, 2.05) is 6.07 Å². The van der Waals surface area contributed by atoms with E-state index in [-0.39, 0.29) is 5.41 Å². The molecule has 3 rings (SSSR count). The fraction of sp³-hybridized carbons (Fsp3) is 0.143. The monoisotopic (exact) mass is 288 g/mol. The van der Waals surface area contributed by atoms with Gasteiger partial charge < -0.3 is 4.74 Å². The highest BCUT2D eigenvalue weighted by atomic mass is 16.5. The maximum Gasteiger partial charge on any atom is 0.119 e. The Balaban J connectivity index is 2.23. The highest BCUT2D eigenvalue weighted by Crippen LogP contribution is 2.39. The van der Waals surface area contributed by atoms with Gasteiger partial charge in [-0.1, -0.05) is 72.8 Å². The number of hydrogen-bond donors (Lipinski definition) is 0. The Labute approximate surface area is 132 Å². The zero-order valence-corrected chi connectivity index (χ0v) is 13.0. The Kier molecular flexibility index (Phi) is 3.97. The highest BCUT2D eigenvalue weighted by molar-refractivity contribution is 5.50. The summed E-state index contributed by atoms with van der Waals surface area (Å²) in [6.45, 7) is 2.27. The predicted octanol–water partition coefficient (Wildman–Crippen LogP) is 5.05. The summed E-state index contributed by atoms with van der Waals surface area (Å²) in [5.41, 5.74) is 3.56. The first-order valence-electron chi connectivity index (χ1n) is 7.51. The van der Waals surface area contributed by atoms with Crippen molar-refractivity contribution in [1.29, 1.82) is 0 Å². The van der Waals surface area contributed by atoms with Gasteiger partial charge in [-0.3, -0.25) is 0 Å². The molecule has 22 heavy (non-hydrogen) atoms. The van der Waals surface area contributed by atoms with Crippen LogP contribution in [-0.4, -0.2) is 7.11 Å². The molecule has 0 bridgehead atoms. The Bertz CT molecular complexity index is 693. The van der Waals surface area contributed by atoms with Crippen molar-refractivity contribution < 1.29 is 4.74 Å². The molecule has 0 spiro atoms. The van der Waals surface area contributed by atoms with Gasteiger partial charge in [-0.25, -0.2) is 0 Å². The minimum absolute atomic E-state index is 0.211. The maximum atomic E-state index is 5.42. The van der Waals surface area contributed by atoms with Gasteiger partial charge in [-0.05, 0) is 35.7 Å². The van der Waals surface area contributed by atoms with Crippen LogP contribution in [0.3, 0.4) is 0 Å². The van der Waals surface area contributed by atoms with Gasteiger partial charge in [0.15, 0.2) is 0 Å². The first kappa shape index (κ1) is 14.4. The molecular formula is C21H20O. The number of ether oxygens (including phenoxy) is 1. The summed E-state index contributed by atoms with van der Waals surface area (Å²) in [7, 11) is 1.71. The molecule has 3 aromatic carbocycles. The lowest BCUT2D eigenvalue weighted by Crippen LogP contribution is -2.25. The Morgan fingerprint density at radius 3 is 1.64 bits per heavy atom. The summed E-state index contributed by atoms with van der Waals surface area (Å²) in [5.74, 6) is 0.885. The Morgan fingerprint density at radius 2 is 1.14 bits per heavy atom. The first-order valence-corrected chi connectivity index (χ1v) is 7.51. The van der Waals surface area contributed by atoms with E-state index in [0.717, 1.165) is 5.75 Å². The van der Waals surface area contributed by atoms with Crippen molar-refractivity contribution in [3.63, 3.8) is 0 Å². The quantitative estimate of drug-likeness (QED) is 0.610. The Morgan fingerprint density at radius 1 is 0.636 bits per heavy atom. The zero-order chi connectivity index (χ0) is 15.4. The lowest BCUT2D eigenvalue weighted by Gasteiger charge is -2.32. The van der Waals surface area contributed by atoms with E-state index in [2.05, 4.69) is 85.8 Å². The van der Waals surface area contributed by atoms with Crippen LogP contribution >= 0.6 is 0 Å². The van der Waals surface area contributed by atoms with Crippen molar-refractivity contribution in [3.05, 3.63) is 102 Å². The van der Waals surface area contributed by atoms with Gasteiger partial charge in [0.2, 0.25) is 0 Å². The Hall–Kier alpha value is -2.54. The van der Waals surface area contributed by atoms with E-state index in [0.29, 0.717) is 0 Å². The van der Waals surface area contributed by atoms with Crippen molar-refractivity contribution in [2.45, 2.75) is 12.3 Å². The standard InChI is InChI=1S/C21H20O/c1-21(17-10-5-3-6-11-17,18-12-7-4-8-13-18)19-14-9-15-20(16-19)22-2/h3-16H,1-2H3. The summed E-state index contributed by atoms with van der Waals surface area (Å²) in [4.78, 5) is 0. The second-order valence-corrected chi connectivity index (χ2v) is 5.59. The van der Waals surface area contributed by atoms with Crippen molar-refractivity contribution in [1.82, 2.24) is 0 Å². The van der Waals surface area contributed by atoms with Gasteiger partial charge >= 0.3 is 0 Å². The molecule has 0 aliphatic carbocycles. The molecule has 110 valence electrons. The fourth-order valence-corrected chi connectivity index (χ4v) is 2.98. The van der Waals surface area contributed by atoms with Gasteiger partial charge in [0.05, 0.1) is 7.11 Å². The average molecular weight is 288 g/mol. The van der Waals surface area contributed by atoms with E-state index in [1.165, 1.54) is 16.7 Å². The molecule has 0 saturated heterocycles. The summed E-state index contributed by atoms with van der Waals surface area (Å²) in [6.07, 6.45) is 0. The summed E-state index contributed by atoms with van der Waals surface area (Å²) in [5, 5.41) is 0.